The van der Waals surface area contributed by atoms with E-state index < -0.39 is 5.91 Å². The minimum atomic E-state index is -0.498. The minimum absolute atomic E-state index is 0.0892. The normalized spacial score (nSPS) is 10.3. The molecule has 1 N–H and O–H groups in total. The van der Waals surface area contributed by atoms with Gasteiger partial charge in [-0.15, -0.1) is 5.10 Å². The van der Waals surface area contributed by atoms with Gasteiger partial charge in [0.1, 0.15) is 11.5 Å². The number of amides is 1. The van der Waals surface area contributed by atoms with Gasteiger partial charge < -0.3 is 28.1 Å². The van der Waals surface area contributed by atoms with Gasteiger partial charge in [0.15, 0.2) is 11.5 Å². The first-order valence-electron chi connectivity index (χ1n) is 8.71. The van der Waals surface area contributed by atoms with Crippen LogP contribution in [0.25, 0.3) is 11.5 Å². The van der Waals surface area contributed by atoms with Gasteiger partial charge in [0.25, 0.3) is 11.8 Å². The maximum absolute atomic E-state index is 12.7. The summed E-state index contributed by atoms with van der Waals surface area (Å²) in [7, 11) is 7.47. The standard InChI is InChI=1S/C20H21N3O7/c1-25-12-6-7-14(26-2)13(10-12)19-22-23-20(30-19)21-18(24)11-8-15(27-3)17(29-5)16(9-11)28-4/h6-10H,1-5H3,(H,21,23,24). The molecule has 1 amide bonds. The predicted octanol–water partition coefficient (Wildman–Crippen LogP) is 3.03. The second kappa shape index (κ2) is 9.03. The van der Waals surface area contributed by atoms with E-state index in [1.54, 1.807) is 25.3 Å². The van der Waals surface area contributed by atoms with Crippen LogP contribution in [-0.4, -0.2) is 51.7 Å². The highest BCUT2D eigenvalue weighted by Crippen LogP contribution is 2.38. The van der Waals surface area contributed by atoms with Gasteiger partial charge in [0.2, 0.25) is 5.75 Å². The van der Waals surface area contributed by atoms with Crippen molar-refractivity contribution in [2.75, 3.05) is 40.9 Å². The number of carbonyl (C=O) groups is 1. The Hall–Kier alpha value is -3.95. The second-order valence-electron chi connectivity index (χ2n) is 5.85. The number of carbonyl (C=O) groups excluding carboxylic acids is 1. The van der Waals surface area contributed by atoms with Crippen molar-refractivity contribution in [1.29, 1.82) is 0 Å². The van der Waals surface area contributed by atoms with E-state index >= 15 is 0 Å². The van der Waals surface area contributed by atoms with E-state index in [4.69, 9.17) is 28.1 Å². The van der Waals surface area contributed by atoms with Crippen LogP contribution in [0.15, 0.2) is 34.7 Å². The molecule has 1 aromatic heterocycles. The van der Waals surface area contributed by atoms with E-state index in [1.165, 1.54) is 40.6 Å². The van der Waals surface area contributed by atoms with Gasteiger partial charge in [-0.05, 0) is 30.3 Å². The van der Waals surface area contributed by atoms with Gasteiger partial charge in [-0.3, -0.25) is 10.1 Å². The molecule has 0 aliphatic carbocycles. The van der Waals surface area contributed by atoms with Crippen molar-refractivity contribution in [3.8, 4) is 40.2 Å². The first-order chi connectivity index (χ1) is 14.5. The fourth-order valence-corrected chi connectivity index (χ4v) is 2.75. The molecule has 0 atom stereocenters. The molecule has 0 fully saturated rings. The molecule has 10 heteroatoms. The molecule has 2 aromatic carbocycles. The Kier molecular flexibility index (Phi) is 6.26. The van der Waals surface area contributed by atoms with Crippen molar-refractivity contribution >= 4 is 11.9 Å². The topological polar surface area (TPSA) is 114 Å². The van der Waals surface area contributed by atoms with Crippen molar-refractivity contribution < 1.29 is 32.9 Å². The van der Waals surface area contributed by atoms with Crippen LogP contribution in [0.4, 0.5) is 6.01 Å². The Labute approximate surface area is 172 Å². The number of anilines is 1. The van der Waals surface area contributed by atoms with Crippen LogP contribution in [0.2, 0.25) is 0 Å². The van der Waals surface area contributed by atoms with Crippen LogP contribution in [0.1, 0.15) is 10.4 Å². The summed E-state index contributed by atoms with van der Waals surface area (Å²) in [5.41, 5.74) is 0.779. The Morgan fingerprint density at radius 2 is 1.50 bits per heavy atom. The van der Waals surface area contributed by atoms with E-state index in [1.807, 2.05) is 0 Å². The van der Waals surface area contributed by atoms with Crippen molar-refractivity contribution in [3.05, 3.63) is 35.9 Å². The first-order valence-corrected chi connectivity index (χ1v) is 8.71. The molecule has 0 saturated carbocycles. The molecule has 158 valence electrons. The Morgan fingerprint density at radius 3 is 2.07 bits per heavy atom. The largest absolute Gasteiger partial charge is 0.497 e. The number of nitrogens with one attached hydrogen (secondary N) is 1. The monoisotopic (exact) mass is 415 g/mol. The maximum Gasteiger partial charge on any atom is 0.322 e. The highest BCUT2D eigenvalue weighted by atomic mass is 16.5. The van der Waals surface area contributed by atoms with Crippen molar-refractivity contribution in [1.82, 2.24) is 10.2 Å². The number of nitrogens with zero attached hydrogens (tertiary/aromatic N) is 2. The molecule has 0 aliphatic rings. The summed E-state index contributed by atoms with van der Waals surface area (Å²) in [6, 6.07) is 8.08. The number of hydrogen-bond donors (Lipinski definition) is 1. The number of rotatable bonds is 8. The lowest BCUT2D eigenvalue weighted by Gasteiger charge is -2.13. The van der Waals surface area contributed by atoms with Crippen LogP contribution in [0.3, 0.4) is 0 Å². The van der Waals surface area contributed by atoms with Gasteiger partial charge in [0.05, 0.1) is 41.1 Å². The lowest BCUT2D eigenvalue weighted by Crippen LogP contribution is -2.13. The third kappa shape index (κ3) is 4.07. The van der Waals surface area contributed by atoms with Crippen LogP contribution in [0, 0.1) is 0 Å². The first kappa shape index (κ1) is 20.8. The minimum Gasteiger partial charge on any atom is -0.497 e. The molecule has 30 heavy (non-hydrogen) atoms. The van der Waals surface area contributed by atoms with Crippen LogP contribution >= 0.6 is 0 Å². The molecule has 1 heterocycles. The number of aromatic nitrogens is 2. The average molecular weight is 415 g/mol. The van der Waals surface area contributed by atoms with Crippen molar-refractivity contribution in [2.24, 2.45) is 0 Å². The molecule has 0 radical (unpaired) electrons. The zero-order valence-corrected chi connectivity index (χ0v) is 17.1. The van der Waals surface area contributed by atoms with Gasteiger partial charge in [-0.25, -0.2) is 0 Å². The zero-order chi connectivity index (χ0) is 21.7. The van der Waals surface area contributed by atoms with Gasteiger partial charge in [-0.1, -0.05) is 5.10 Å². The molecule has 0 aliphatic heterocycles. The number of benzene rings is 2. The lowest BCUT2D eigenvalue weighted by molar-refractivity contribution is 0.102. The predicted molar refractivity (Wildman–Crippen MR) is 107 cm³/mol. The van der Waals surface area contributed by atoms with Crippen molar-refractivity contribution in [2.45, 2.75) is 0 Å². The van der Waals surface area contributed by atoms with Gasteiger partial charge in [0, 0.05) is 5.56 Å². The fraction of sp³-hybridized carbons (Fsp3) is 0.250. The molecule has 10 nitrogen and oxygen atoms in total. The van der Waals surface area contributed by atoms with Gasteiger partial charge >= 0.3 is 6.01 Å². The molecular formula is C20H21N3O7. The number of hydrogen-bond acceptors (Lipinski definition) is 9. The van der Waals surface area contributed by atoms with Crippen molar-refractivity contribution in [3.63, 3.8) is 0 Å². The van der Waals surface area contributed by atoms with Crippen LogP contribution in [-0.2, 0) is 0 Å². The Bertz CT molecular complexity index is 1020. The smallest absolute Gasteiger partial charge is 0.322 e. The summed E-state index contributed by atoms with van der Waals surface area (Å²) in [6.07, 6.45) is 0. The molecule has 3 aromatic rings. The molecule has 0 spiro atoms. The van der Waals surface area contributed by atoms with E-state index in [0.29, 0.717) is 34.3 Å². The Balaban J connectivity index is 1.87. The fourth-order valence-electron chi connectivity index (χ4n) is 2.75. The third-order valence-corrected chi connectivity index (χ3v) is 4.21. The molecule has 0 saturated heterocycles. The van der Waals surface area contributed by atoms with E-state index in [0.717, 1.165) is 0 Å². The SMILES string of the molecule is COc1ccc(OC)c(-c2nnc(NC(=O)c3cc(OC)c(OC)c(OC)c3)o2)c1. The van der Waals surface area contributed by atoms with E-state index in [9.17, 15) is 4.79 Å². The average Bonchev–Trinajstić information content (AvgIpc) is 3.25. The number of methoxy groups -OCH3 is 5. The maximum atomic E-state index is 12.7. The van der Waals surface area contributed by atoms with Crippen LogP contribution < -0.4 is 29.0 Å². The Morgan fingerprint density at radius 1 is 0.833 bits per heavy atom. The highest BCUT2D eigenvalue weighted by molar-refractivity contribution is 6.04. The summed E-state index contributed by atoms with van der Waals surface area (Å²) in [5, 5.41) is 10.4. The summed E-state index contributed by atoms with van der Waals surface area (Å²) >= 11 is 0. The molecule has 0 bridgehead atoms. The summed E-state index contributed by atoms with van der Waals surface area (Å²) in [5.74, 6) is 1.83. The quantitative estimate of drug-likeness (QED) is 0.593. The lowest BCUT2D eigenvalue weighted by atomic mass is 10.1. The van der Waals surface area contributed by atoms with E-state index in [-0.39, 0.29) is 17.5 Å². The molecule has 3 rings (SSSR count). The van der Waals surface area contributed by atoms with Crippen LogP contribution in [0.5, 0.6) is 28.7 Å². The van der Waals surface area contributed by atoms with E-state index in [2.05, 4.69) is 15.5 Å². The number of ether oxygens (including phenoxy) is 5. The second-order valence-corrected chi connectivity index (χ2v) is 5.85. The highest BCUT2D eigenvalue weighted by Gasteiger charge is 2.20. The zero-order valence-electron chi connectivity index (χ0n) is 17.1. The molecule has 0 unspecified atom stereocenters. The third-order valence-electron chi connectivity index (χ3n) is 4.21. The summed E-state index contributed by atoms with van der Waals surface area (Å²) in [4.78, 5) is 12.7. The molecular weight excluding hydrogens is 394 g/mol. The van der Waals surface area contributed by atoms with Gasteiger partial charge in [-0.2, -0.15) is 0 Å². The summed E-state index contributed by atoms with van der Waals surface area (Å²) in [6.45, 7) is 0. The summed E-state index contributed by atoms with van der Waals surface area (Å²) < 4.78 is 31.9.